The van der Waals surface area contributed by atoms with Crippen LogP contribution >= 0.6 is 0 Å². The van der Waals surface area contributed by atoms with Gasteiger partial charge >= 0.3 is 0 Å². The molecule has 0 aliphatic rings. The number of likely N-dealkylation sites (N-methyl/N-ethyl adjacent to an activating group) is 1. The van der Waals surface area contributed by atoms with Gasteiger partial charge in [0.2, 0.25) is 0 Å². The molecule has 0 aliphatic carbocycles. The molecule has 0 unspecified atom stereocenters. The van der Waals surface area contributed by atoms with Crippen molar-refractivity contribution < 1.29 is 9.84 Å². The van der Waals surface area contributed by atoms with Crippen LogP contribution in [0.5, 0.6) is 0 Å². The van der Waals surface area contributed by atoms with Crippen molar-refractivity contribution in [3.8, 4) is 0 Å². The first-order chi connectivity index (χ1) is 5.49. The van der Waals surface area contributed by atoms with Gasteiger partial charge < -0.3 is 14.7 Å². The molecule has 74 valence electrons. The van der Waals surface area contributed by atoms with Crippen molar-refractivity contribution in [1.82, 2.24) is 4.90 Å². The van der Waals surface area contributed by atoms with Gasteiger partial charge in [0.15, 0.2) is 5.79 Å². The van der Waals surface area contributed by atoms with Gasteiger partial charge in [-0.3, -0.25) is 0 Å². The number of ether oxygens (including phenoxy) is 1. The summed E-state index contributed by atoms with van der Waals surface area (Å²) in [6.07, 6.45) is 0. The number of hydrogen-bond donors (Lipinski definition) is 1. The third-order valence-corrected chi connectivity index (χ3v) is 1.76. The van der Waals surface area contributed by atoms with Gasteiger partial charge in [-0.15, -0.1) is 0 Å². The van der Waals surface area contributed by atoms with Gasteiger partial charge in [0.1, 0.15) is 0 Å². The molecule has 0 aromatic carbocycles. The van der Waals surface area contributed by atoms with Crippen molar-refractivity contribution in [1.29, 1.82) is 0 Å². The highest BCUT2D eigenvalue weighted by molar-refractivity contribution is 4.53. The molecule has 0 aromatic heterocycles. The van der Waals surface area contributed by atoms with Crippen molar-refractivity contribution in [2.24, 2.45) is 0 Å². The minimum absolute atomic E-state index is 0.588. The Bertz CT molecular complexity index is 106. The fourth-order valence-electron chi connectivity index (χ4n) is 0.964. The van der Waals surface area contributed by atoms with E-state index in [-0.39, 0.29) is 0 Å². The van der Waals surface area contributed by atoms with Crippen molar-refractivity contribution >= 4 is 0 Å². The van der Waals surface area contributed by atoms with E-state index in [0.717, 1.165) is 19.6 Å². The Morgan fingerprint density at radius 1 is 1.25 bits per heavy atom. The second-order valence-corrected chi connectivity index (χ2v) is 3.32. The van der Waals surface area contributed by atoms with Gasteiger partial charge in [0, 0.05) is 6.54 Å². The molecule has 0 fully saturated rings. The van der Waals surface area contributed by atoms with Crippen molar-refractivity contribution in [2.45, 2.75) is 33.5 Å². The van der Waals surface area contributed by atoms with Crippen LogP contribution in [-0.2, 0) is 4.74 Å². The molecule has 1 N–H and O–H groups in total. The topological polar surface area (TPSA) is 32.7 Å². The van der Waals surface area contributed by atoms with Gasteiger partial charge in [-0.1, -0.05) is 13.8 Å². The Balaban J connectivity index is 3.41. The number of rotatable bonds is 6. The summed E-state index contributed by atoms with van der Waals surface area (Å²) in [5.74, 6) is -0.993. The van der Waals surface area contributed by atoms with Crippen LogP contribution in [0.1, 0.15) is 27.7 Å². The maximum absolute atomic E-state index is 9.24. The summed E-state index contributed by atoms with van der Waals surface area (Å²) in [5, 5.41) is 9.24. The van der Waals surface area contributed by atoms with E-state index in [1.807, 2.05) is 0 Å². The zero-order valence-electron chi connectivity index (χ0n) is 8.63. The van der Waals surface area contributed by atoms with E-state index in [0.29, 0.717) is 6.61 Å². The molecule has 0 atom stereocenters. The second kappa shape index (κ2) is 5.51. The molecule has 0 amide bonds. The number of nitrogens with zero attached hydrogens (tertiary/aromatic N) is 1. The fraction of sp³-hybridized carbons (Fsp3) is 1.00. The van der Waals surface area contributed by atoms with Gasteiger partial charge in [-0.05, 0) is 26.9 Å². The SMILES string of the molecule is CCN(CC)CCOC(C)(C)O. The first kappa shape index (κ1) is 11.9. The predicted octanol–water partition coefficient (Wildman–Crippen LogP) is 1.07. The molecule has 0 radical (unpaired) electrons. The highest BCUT2D eigenvalue weighted by Crippen LogP contribution is 2.02. The molecule has 3 heteroatoms. The maximum atomic E-state index is 9.24. The van der Waals surface area contributed by atoms with Crippen LogP contribution in [0.15, 0.2) is 0 Å². The summed E-state index contributed by atoms with van der Waals surface area (Å²) in [6, 6.07) is 0. The molecule has 0 saturated carbocycles. The maximum Gasteiger partial charge on any atom is 0.159 e. The first-order valence-electron chi connectivity index (χ1n) is 4.58. The van der Waals surface area contributed by atoms with Gasteiger partial charge in [0.25, 0.3) is 0 Å². The van der Waals surface area contributed by atoms with Gasteiger partial charge in [-0.25, -0.2) is 0 Å². The summed E-state index contributed by atoms with van der Waals surface area (Å²) >= 11 is 0. The zero-order valence-corrected chi connectivity index (χ0v) is 8.63. The molecule has 0 saturated heterocycles. The first-order valence-corrected chi connectivity index (χ1v) is 4.58. The third-order valence-electron chi connectivity index (χ3n) is 1.76. The van der Waals surface area contributed by atoms with Crippen molar-refractivity contribution in [2.75, 3.05) is 26.2 Å². The summed E-state index contributed by atoms with van der Waals surface area (Å²) in [7, 11) is 0. The van der Waals surface area contributed by atoms with Gasteiger partial charge in [0.05, 0.1) is 6.61 Å². The Labute approximate surface area is 75.3 Å². The Hall–Kier alpha value is -0.120. The average Bonchev–Trinajstić information content (AvgIpc) is 1.96. The van der Waals surface area contributed by atoms with Crippen LogP contribution in [0.3, 0.4) is 0 Å². The lowest BCUT2D eigenvalue weighted by atomic mass is 10.4. The molecule has 0 bridgehead atoms. The third kappa shape index (κ3) is 6.58. The quantitative estimate of drug-likeness (QED) is 0.613. The van der Waals surface area contributed by atoms with Crippen LogP contribution in [-0.4, -0.2) is 42.0 Å². The second-order valence-electron chi connectivity index (χ2n) is 3.32. The minimum Gasteiger partial charge on any atom is -0.366 e. The largest absolute Gasteiger partial charge is 0.366 e. The van der Waals surface area contributed by atoms with Gasteiger partial charge in [-0.2, -0.15) is 0 Å². The smallest absolute Gasteiger partial charge is 0.159 e. The number of hydrogen-bond acceptors (Lipinski definition) is 3. The lowest BCUT2D eigenvalue weighted by Gasteiger charge is -2.22. The summed E-state index contributed by atoms with van der Waals surface area (Å²) < 4.78 is 5.18. The lowest BCUT2D eigenvalue weighted by molar-refractivity contribution is -0.177. The molecular weight excluding hydrogens is 154 g/mol. The minimum atomic E-state index is -0.993. The predicted molar refractivity (Wildman–Crippen MR) is 50.0 cm³/mol. The standard InChI is InChI=1S/C9H21NO2/c1-5-10(6-2)7-8-12-9(3,4)11/h11H,5-8H2,1-4H3. The van der Waals surface area contributed by atoms with Crippen LogP contribution < -0.4 is 0 Å². The van der Waals surface area contributed by atoms with E-state index >= 15 is 0 Å². The summed E-state index contributed by atoms with van der Waals surface area (Å²) in [6.45, 7) is 11.1. The normalized spacial score (nSPS) is 12.5. The van der Waals surface area contributed by atoms with Crippen LogP contribution in [0.4, 0.5) is 0 Å². The molecule has 3 nitrogen and oxygen atoms in total. The highest BCUT2D eigenvalue weighted by Gasteiger charge is 2.12. The van der Waals surface area contributed by atoms with Crippen LogP contribution in [0.2, 0.25) is 0 Å². The van der Waals surface area contributed by atoms with Crippen molar-refractivity contribution in [3.05, 3.63) is 0 Å². The van der Waals surface area contributed by atoms with E-state index in [9.17, 15) is 5.11 Å². The monoisotopic (exact) mass is 175 g/mol. The molecule has 12 heavy (non-hydrogen) atoms. The van der Waals surface area contributed by atoms with Crippen molar-refractivity contribution in [3.63, 3.8) is 0 Å². The van der Waals surface area contributed by atoms with E-state index in [1.54, 1.807) is 13.8 Å². The van der Waals surface area contributed by atoms with Crippen LogP contribution in [0, 0.1) is 0 Å². The average molecular weight is 175 g/mol. The highest BCUT2D eigenvalue weighted by atomic mass is 16.6. The fourth-order valence-corrected chi connectivity index (χ4v) is 0.964. The van der Waals surface area contributed by atoms with E-state index in [1.165, 1.54) is 0 Å². The molecule has 0 heterocycles. The molecule has 0 rings (SSSR count). The zero-order chi connectivity index (χ0) is 9.61. The summed E-state index contributed by atoms with van der Waals surface area (Å²) in [5.41, 5.74) is 0. The number of aliphatic hydroxyl groups is 1. The van der Waals surface area contributed by atoms with E-state index < -0.39 is 5.79 Å². The summed E-state index contributed by atoms with van der Waals surface area (Å²) in [4.78, 5) is 2.26. The van der Waals surface area contributed by atoms with E-state index in [2.05, 4.69) is 18.7 Å². The lowest BCUT2D eigenvalue weighted by Crippen LogP contribution is -2.31. The molecule has 0 spiro atoms. The molecule has 0 aliphatic heterocycles. The molecular formula is C9H21NO2. The Morgan fingerprint density at radius 2 is 1.75 bits per heavy atom. The van der Waals surface area contributed by atoms with E-state index in [4.69, 9.17) is 4.74 Å². The molecule has 0 aromatic rings. The van der Waals surface area contributed by atoms with Crippen LogP contribution in [0.25, 0.3) is 0 Å². The Kier molecular flexibility index (Phi) is 5.46. The Morgan fingerprint density at radius 3 is 2.08 bits per heavy atom.